The topological polar surface area (TPSA) is 12.0 Å². The summed E-state index contributed by atoms with van der Waals surface area (Å²) in [4.78, 5) is 0. The molecule has 1 heteroatoms. The Morgan fingerprint density at radius 2 is 1.84 bits per heavy atom. The van der Waals surface area contributed by atoms with Gasteiger partial charge in [-0.15, -0.1) is 0 Å². The second-order valence-electron chi connectivity index (χ2n) is 6.32. The van der Waals surface area contributed by atoms with E-state index in [1.807, 2.05) is 0 Å². The van der Waals surface area contributed by atoms with Gasteiger partial charge >= 0.3 is 0 Å². The highest BCUT2D eigenvalue weighted by Gasteiger charge is 2.12. The first-order valence-electron chi connectivity index (χ1n) is 8.06. The molecule has 1 fully saturated rings. The van der Waals surface area contributed by atoms with Gasteiger partial charge in [0.05, 0.1) is 0 Å². The minimum Gasteiger partial charge on any atom is -0.313 e. The Kier molecular flexibility index (Phi) is 5.91. The van der Waals surface area contributed by atoms with E-state index in [-0.39, 0.29) is 0 Å². The summed E-state index contributed by atoms with van der Waals surface area (Å²) in [5.41, 5.74) is 2.97. The van der Waals surface area contributed by atoms with Crippen LogP contribution in [0, 0.1) is 5.92 Å². The van der Waals surface area contributed by atoms with E-state index >= 15 is 0 Å². The smallest absolute Gasteiger partial charge is 0.0208 e. The number of benzene rings is 1. The Balaban J connectivity index is 1.73. The summed E-state index contributed by atoms with van der Waals surface area (Å²) < 4.78 is 0. The van der Waals surface area contributed by atoms with Crippen molar-refractivity contribution in [3.05, 3.63) is 35.4 Å². The predicted octanol–water partition coefficient (Wildman–Crippen LogP) is 4.87. The molecule has 1 aliphatic carbocycles. The number of nitrogens with one attached hydrogen (secondary N) is 1. The summed E-state index contributed by atoms with van der Waals surface area (Å²) in [7, 11) is 0. The molecule has 0 radical (unpaired) electrons. The van der Waals surface area contributed by atoms with E-state index in [0.29, 0.717) is 5.92 Å². The van der Waals surface area contributed by atoms with Crippen molar-refractivity contribution in [3.8, 4) is 0 Å². The van der Waals surface area contributed by atoms with Crippen molar-refractivity contribution in [2.24, 2.45) is 5.92 Å². The number of hydrogen-bond acceptors (Lipinski definition) is 1. The lowest BCUT2D eigenvalue weighted by atomic mass is 9.87. The standard InChI is InChI=1S/C18H29N/c1-15(2)18-11-7-6-10-17(18)14-19-13-12-16-8-4-3-5-9-16/h6-7,10-11,15-16,19H,3-5,8-9,12-14H2,1-2H3. The molecule has 0 saturated heterocycles. The van der Waals surface area contributed by atoms with Crippen molar-refractivity contribution in [1.82, 2.24) is 5.32 Å². The minimum atomic E-state index is 0.622. The zero-order chi connectivity index (χ0) is 13.5. The van der Waals surface area contributed by atoms with Crippen molar-refractivity contribution >= 4 is 0 Å². The van der Waals surface area contributed by atoms with Crippen LogP contribution in [0.15, 0.2) is 24.3 Å². The molecule has 106 valence electrons. The van der Waals surface area contributed by atoms with Crippen LogP contribution in [-0.2, 0) is 6.54 Å². The van der Waals surface area contributed by atoms with Gasteiger partial charge in [0.1, 0.15) is 0 Å². The molecule has 1 aliphatic rings. The van der Waals surface area contributed by atoms with E-state index < -0.39 is 0 Å². The summed E-state index contributed by atoms with van der Waals surface area (Å²) in [5, 5.41) is 3.64. The van der Waals surface area contributed by atoms with Crippen LogP contribution in [0.4, 0.5) is 0 Å². The molecule has 0 amide bonds. The molecule has 0 aliphatic heterocycles. The molecule has 19 heavy (non-hydrogen) atoms. The first-order chi connectivity index (χ1) is 9.27. The highest BCUT2D eigenvalue weighted by Crippen LogP contribution is 2.25. The summed E-state index contributed by atoms with van der Waals surface area (Å²) >= 11 is 0. The van der Waals surface area contributed by atoms with Crippen LogP contribution in [0.2, 0.25) is 0 Å². The van der Waals surface area contributed by atoms with Gasteiger partial charge in [-0.3, -0.25) is 0 Å². The van der Waals surface area contributed by atoms with Crippen LogP contribution < -0.4 is 5.32 Å². The fourth-order valence-electron chi connectivity index (χ4n) is 3.26. The Bertz CT molecular complexity index is 364. The maximum Gasteiger partial charge on any atom is 0.0208 e. The molecule has 0 atom stereocenters. The second-order valence-corrected chi connectivity index (χ2v) is 6.32. The predicted molar refractivity (Wildman–Crippen MR) is 83.4 cm³/mol. The summed E-state index contributed by atoms with van der Waals surface area (Å²) in [6, 6.07) is 8.84. The van der Waals surface area contributed by atoms with Gasteiger partial charge in [-0.2, -0.15) is 0 Å². The zero-order valence-corrected chi connectivity index (χ0v) is 12.6. The maximum absolute atomic E-state index is 3.64. The molecule has 1 saturated carbocycles. The molecular weight excluding hydrogens is 230 g/mol. The zero-order valence-electron chi connectivity index (χ0n) is 12.6. The second kappa shape index (κ2) is 7.69. The molecule has 0 aromatic heterocycles. The molecule has 2 rings (SSSR count). The lowest BCUT2D eigenvalue weighted by molar-refractivity contribution is 0.334. The molecule has 1 nitrogen and oxygen atoms in total. The van der Waals surface area contributed by atoms with Crippen molar-refractivity contribution in [1.29, 1.82) is 0 Å². The molecule has 0 unspecified atom stereocenters. The fraction of sp³-hybridized carbons (Fsp3) is 0.667. The molecule has 0 bridgehead atoms. The number of hydrogen-bond donors (Lipinski definition) is 1. The molecule has 1 aromatic carbocycles. The van der Waals surface area contributed by atoms with E-state index in [2.05, 4.69) is 43.4 Å². The van der Waals surface area contributed by atoms with Gasteiger partial charge in [0, 0.05) is 6.54 Å². The SMILES string of the molecule is CC(C)c1ccccc1CNCCC1CCCCC1. The van der Waals surface area contributed by atoms with Gasteiger partial charge < -0.3 is 5.32 Å². The van der Waals surface area contributed by atoms with Crippen LogP contribution in [-0.4, -0.2) is 6.54 Å². The third-order valence-electron chi connectivity index (χ3n) is 4.45. The van der Waals surface area contributed by atoms with E-state index in [4.69, 9.17) is 0 Å². The van der Waals surface area contributed by atoms with Gasteiger partial charge in [-0.1, -0.05) is 70.2 Å². The minimum absolute atomic E-state index is 0.622. The van der Waals surface area contributed by atoms with E-state index in [0.717, 1.165) is 12.5 Å². The largest absolute Gasteiger partial charge is 0.313 e. The molecule has 1 N–H and O–H groups in total. The summed E-state index contributed by atoms with van der Waals surface area (Å²) in [6.07, 6.45) is 8.67. The van der Waals surface area contributed by atoms with Crippen LogP contribution in [0.3, 0.4) is 0 Å². The highest BCUT2D eigenvalue weighted by molar-refractivity contribution is 5.29. The summed E-state index contributed by atoms with van der Waals surface area (Å²) in [6.45, 7) is 6.76. The molecular formula is C18H29N. The summed E-state index contributed by atoms with van der Waals surface area (Å²) in [5.74, 6) is 1.61. The van der Waals surface area contributed by atoms with Gasteiger partial charge in [0.2, 0.25) is 0 Å². The Hall–Kier alpha value is -0.820. The Morgan fingerprint density at radius 1 is 1.11 bits per heavy atom. The molecule has 1 aromatic rings. The monoisotopic (exact) mass is 259 g/mol. The average molecular weight is 259 g/mol. The van der Waals surface area contributed by atoms with Crippen LogP contribution in [0.1, 0.15) is 69.4 Å². The van der Waals surface area contributed by atoms with E-state index in [1.54, 1.807) is 0 Å². The Labute approximate surface area is 118 Å². The van der Waals surface area contributed by atoms with Crippen molar-refractivity contribution in [2.75, 3.05) is 6.54 Å². The normalized spacial score (nSPS) is 17.0. The van der Waals surface area contributed by atoms with Crippen LogP contribution >= 0.6 is 0 Å². The van der Waals surface area contributed by atoms with Gasteiger partial charge in [-0.05, 0) is 35.9 Å². The first kappa shape index (κ1) is 14.6. The maximum atomic E-state index is 3.64. The fourth-order valence-corrected chi connectivity index (χ4v) is 3.26. The Morgan fingerprint density at radius 3 is 2.58 bits per heavy atom. The van der Waals surface area contributed by atoms with Crippen molar-refractivity contribution in [2.45, 2.75) is 64.8 Å². The average Bonchev–Trinajstić information content (AvgIpc) is 2.45. The van der Waals surface area contributed by atoms with Crippen molar-refractivity contribution < 1.29 is 0 Å². The van der Waals surface area contributed by atoms with Gasteiger partial charge in [0.15, 0.2) is 0 Å². The van der Waals surface area contributed by atoms with Gasteiger partial charge in [0.25, 0.3) is 0 Å². The van der Waals surface area contributed by atoms with Crippen LogP contribution in [0.5, 0.6) is 0 Å². The van der Waals surface area contributed by atoms with E-state index in [1.165, 1.54) is 56.2 Å². The number of rotatable bonds is 6. The third-order valence-corrected chi connectivity index (χ3v) is 4.45. The molecule has 0 spiro atoms. The van der Waals surface area contributed by atoms with E-state index in [9.17, 15) is 0 Å². The van der Waals surface area contributed by atoms with Crippen molar-refractivity contribution in [3.63, 3.8) is 0 Å². The first-order valence-corrected chi connectivity index (χ1v) is 8.06. The van der Waals surface area contributed by atoms with Gasteiger partial charge in [-0.25, -0.2) is 0 Å². The lowest BCUT2D eigenvalue weighted by Gasteiger charge is -2.21. The quantitative estimate of drug-likeness (QED) is 0.719. The lowest BCUT2D eigenvalue weighted by Crippen LogP contribution is -2.19. The molecule has 0 heterocycles. The third kappa shape index (κ3) is 4.65. The van der Waals surface area contributed by atoms with Crippen LogP contribution in [0.25, 0.3) is 0 Å². The highest BCUT2D eigenvalue weighted by atomic mass is 14.8.